The number of nitro groups is 1. The van der Waals surface area contributed by atoms with Crippen molar-refractivity contribution in [2.75, 3.05) is 6.54 Å². The van der Waals surface area contributed by atoms with E-state index < -0.39 is 54.2 Å². The summed E-state index contributed by atoms with van der Waals surface area (Å²) in [6, 6.07) is 4.20. The van der Waals surface area contributed by atoms with Gasteiger partial charge in [-0.25, -0.2) is 4.79 Å². The van der Waals surface area contributed by atoms with Gasteiger partial charge in [0.15, 0.2) is 9.76 Å². The average molecular weight is 545 g/mol. The molecule has 36 heavy (non-hydrogen) atoms. The van der Waals surface area contributed by atoms with Crippen molar-refractivity contribution in [3.63, 3.8) is 0 Å². The first-order valence-corrected chi connectivity index (χ1v) is 15.6. The van der Waals surface area contributed by atoms with Crippen LogP contribution in [0.2, 0.25) is 6.55 Å². The molecule has 0 radical (unpaired) electrons. The van der Waals surface area contributed by atoms with Crippen molar-refractivity contribution in [3.8, 4) is 0 Å². The van der Waals surface area contributed by atoms with E-state index in [0.717, 1.165) is 6.07 Å². The minimum Gasteiger partial charge on any atom is -0.444 e. The number of ether oxygens (including phenoxy) is 1. The lowest BCUT2D eigenvalue weighted by atomic mass is 9.65. The predicted octanol–water partition coefficient (Wildman–Crippen LogP) is 4.27. The van der Waals surface area contributed by atoms with Gasteiger partial charge in [0.05, 0.1) is 29.2 Å². The number of non-ortho nitro benzene ring substituents is 1. The zero-order chi connectivity index (χ0) is 27.7. The van der Waals surface area contributed by atoms with Crippen LogP contribution in [0.25, 0.3) is 0 Å². The number of carbonyl (C=O) groups excluding carboxylic acids is 1. The fourth-order valence-corrected chi connectivity index (χ4v) is 6.77. The first-order chi connectivity index (χ1) is 16.4. The Labute approximate surface area is 216 Å². The molecule has 1 amide bonds. The molecule has 0 spiro atoms. The van der Waals surface area contributed by atoms with Gasteiger partial charge < -0.3 is 9.16 Å². The van der Waals surface area contributed by atoms with Gasteiger partial charge in [-0.2, -0.15) is 8.42 Å². The van der Waals surface area contributed by atoms with Crippen molar-refractivity contribution in [3.05, 3.63) is 34.4 Å². The molecule has 10 nitrogen and oxygen atoms in total. The van der Waals surface area contributed by atoms with E-state index in [2.05, 4.69) is 27.7 Å². The fourth-order valence-electron chi connectivity index (χ4n) is 4.48. The zero-order valence-electron chi connectivity index (χ0n) is 22.7. The fraction of sp³-hybridized carbons (Fsp3) is 0.708. The Kier molecular flexibility index (Phi) is 9.03. The third-order valence-electron chi connectivity index (χ3n) is 7.27. The number of likely N-dealkylation sites (tertiary alicyclic amines) is 1. The van der Waals surface area contributed by atoms with E-state index in [9.17, 15) is 23.3 Å². The van der Waals surface area contributed by atoms with Gasteiger partial charge in [0.2, 0.25) is 0 Å². The van der Waals surface area contributed by atoms with Crippen LogP contribution in [0.3, 0.4) is 0 Å². The van der Waals surface area contributed by atoms with Gasteiger partial charge in [-0.3, -0.25) is 19.2 Å². The molecule has 0 saturated carbocycles. The molecule has 3 atom stereocenters. The van der Waals surface area contributed by atoms with E-state index in [1.54, 1.807) is 20.8 Å². The van der Waals surface area contributed by atoms with Gasteiger partial charge in [-0.05, 0) is 45.1 Å². The maximum Gasteiger partial charge on any atom is 0.410 e. The Morgan fingerprint density at radius 1 is 1.19 bits per heavy atom. The van der Waals surface area contributed by atoms with Crippen LogP contribution in [0.1, 0.15) is 61.8 Å². The summed E-state index contributed by atoms with van der Waals surface area (Å²) >= 11 is 0. The molecule has 0 aromatic heterocycles. The lowest BCUT2D eigenvalue weighted by Crippen LogP contribution is -2.61. The Morgan fingerprint density at radius 2 is 1.81 bits per heavy atom. The van der Waals surface area contributed by atoms with Gasteiger partial charge >= 0.3 is 6.09 Å². The van der Waals surface area contributed by atoms with Crippen molar-refractivity contribution in [1.29, 1.82) is 0 Å². The Balaban J connectivity index is 2.48. The number of amides is 1. The van der Waals surface area contributed by atoms with Crippen LogP contribution in [-0.2, 0) is 23.5 Å². The molecule has 1 saturated heterocycles. The van der Waals surface area contributed by atoms with Crippen LogP contribution in [0.4, 0.5) is 10.5 Å². The zero-order valence-corrected chi connectivity index (χ0v) is 25.0. The van der Waals surface area contributed by atoms with E-state index in [1.807, 2.05) is 13.5 Å². The second-order valence-electron chi connectivity index (χ2n) is 11.2. The molecule has 1 aromatic carbocycles. The monoisotopic (exact) mass is 544 g/mol. The van der Waals surface area contributed by atoms with E-state index in [4.69, 9.17) is 13.3 Å². The van der Waals surface area contributed by atoms with Crippen molar-refractivity contribution in [2.24, 2.45) is 11.3 Å². The highest BCUT2D eigenvalue weighted by molar-refractivity contribution is 7.86. The number of hydrogen-bond acceptors (Lipinski definition) is 8. The van der Waals surface area contributed by atoms with Crippen LogP contribution >= 0.6 is 0 Å². The topological polar surface area (TPSA) is 125 Å². The number of rotatable bonds is 9. The van der Waals surface area contributed by atoms with Crippen molar-refractivity contribution < 1.29 is 31.5 Å². The molecular weight excluding hydrogens is 504 g/mol. The molecule has 1 aliphatic heterocycles. The molecule has 204 valence electrons. The molecule has 12 heteroatoms. The summed E-state index contributed by atoms with van der Waals surface area (Å²) in [5.41, 5.74) is -2.28. The van der Waals surface area contributed by atoms with Crippen LogP contribution in [-0.4, -0.2) is 64.0 Å². The highest BCUT2D eigenvalue weighted by Crippen LogP contribution is 2.47. The van der Waals surface area contributed by atoms with Gasteiger partial charge in [-0.1, -0.05) is 40.3 Å². The predicted molar refractivity (Wildman–Crippen MR) is 139 cm³/mol. The highest BCUT2D eigenvalue weighted by Gasteiger charge is 2.56. The maximum absolute atomic E-state index is 13.3. The third kappa shape index (κ3) is 6.45. The summed E-state index contributed by atoms with van der Waals surface area (Å²) in [4.78, 5) is 25.0. The Hall–Kier alpha value is -2.02. The smallest absolute Gasteiger partial charge is 0.410 e. The summed E-state index contributed by atoms with van der Waals surface area (Å²) in [5, 5.41) is 11.1. The molecular formula is C24H40N2O8SSi. The summed E-state index contributed by atoms with van der Waals surface area (Å²) in [6.45, 7) is 17.6. The Morgan fingerprint density at radius 3 is 2.31 bits per heavy atom. The summed E-state index contributed by atoms with van der Waals surface area (Å²) in [6.07, 6.45) is -1.25. The molecule has 0 bridgehead atoms. The van der Waals surface area contributed by atoms with Crippen molar-refractivity contribution >= 4 is 31.7 Å². The minimum absolute atomic E-state index is 0.0217. The second kappa shape index (κ2) is 10.8. The van der Waals surface area contributed by atoms with Gasteiger partial charge in [0.1, 0.15) is 10.5 Å². The molecule has 1 aliphatic rings. The number of nitrogens with zero attached hydrogens (tertiary/aromatic N) is 2. The van der Waals surface area contributed by atoms with Crippen LogP contribution < -0.4 is 0 Å². The summed E-state index contributed by atoms with van der Waals surface area (Å²) in [7, 11) is -5.26. The molecule has 0 aliphatic carbocycles. The minimum atomic E-state index is -4.33. The molecule has 1 heterocycles. The number of nitro benzene ring substituents is 1. The number of benzene rings is 1. The van der Waals surface area contributed by atoms with Crippen LogP contribution in [0, 0.1) is 21.4 Å². The number of carbonyl (C=O) groups is 1. The molecule has 2 rings (SSSR count). The largest absolute Gasteiger partial charge is 0.444 e. The van der Waals surface area contributed by atoms with Gasteiger partial charge in [0, 0.05) is 18.6 Å². The number of hydrogen-bond donors (Lipinski definition) is 0. The second-order valence-corrected chi connectivity index (χ2v) is 13.7. The quantitative estimate of drug-likeness (QED) is 0.195. The standard InChI is InChI=1S/C24H40N2O8SSi/c1-16(2)23(6,7)24(8,34-36-9)20-14-18(15-25(20)21(27)32-22(3,4)5)33-35(30,31)19-12-10-11-17(13-19)26(28)29/h10-13,16,18,20H,14-15,36H2,1-9H3/t18-,20-,24?/m1/s1. The van der Waals surface area contributed by atoms with E-state index in [1.165, 1.54) is 23.1 Å². The molecule has 1 fully saturated rings. The maximum atomic E-state index is 13.3. The lowest BCUT2D eigenvalue weighted by molar-refractivity contribution is -0.385. The molecule has 1 unspecified atom stereocenters. The van der Waals surface area contributed by atoms with Crippen LogP contribution in [0.15, 0.2) is 29.2 Å². The van der Waals surface area contributed by atoms with E-state index in [-0.39, 0.29) is 34.9 Å². The molecule has 1 aromatic rings. The van der Waals surface area contributed by atoms with Gasteiger partial charge in [-0.15, -0.1) is 0 Å². The first kappa shape index (κ1) is 30.2. The summed E-state index contributed by atoms with van der Waals surface area (Å²) in [5.74, 6) is 0.192. The third-order valence-corrected chi connectivity index (χ3v) is 9.52. The molecule has 0 N–H and O–H groups in total. The van der Waals surface area contributed by atoms with Crippen LogP contribution in [0.5, 0.6) is 0 Å². The first-order valence-electron chi connectivity index (χ1n) is 12.2. The van der Waals surface area contributed by atoms with E-state index in [0.29, 0.717) is 0 Å². The highest BCUT2D eigenvalue weighted by atomic mass is 32.2. The summed E-state index contributed by atoms with van der Waals surface area (Å²) < 4.78 is 43.8. The van der Waals surface area contributed by atoms with Crippen molar-refractivity contribution in [2.45, 2.75) is 96.6 Å². The SMILES string of the molecule is C[SiH2]OC(C)([C@H]1C[C@@H](OS(=O)(=O)c2cccc([N+](=O)[O-])c2)CN1C(=O)OC(C)(C)C)C(C)(C)C(C)C. The van der Waals surface area contributed by atoms with Crippen molar-refractivity contribution in [1.82, 2.24) is 4.90 Å². The Bertz CT molecular complexity index is 1070. The lowest BCUT2D eigenvalue weighted by Gasteiger charge is -2.52. The normalized spacial score (nSPS) is 21.2. The van der Waals surface area contributed by atoms with Gasteiger partial charge in [0.25, 0.3) is 15.8 Å². The van der Waals surface area contributed by atoms with E-state index >= 15 is 0 Å². The average Bonchev–Trinajstić information content (AvgIpc) is 3.16.